The Bertz CT molecular complexity index is 495. The van der Waals surface area contributed by atoms with Crippen LogP contribution >= 0.6 is 0 Å². The molecule has 1 aromatic rings. The number of benzene rings is 1. The van der Waals surface area contributed by atoms with Crippen molar-refractivity contribution in [2.75, 3.05) is 26.4 Å². The van der Waals surface area contributed by atoms with Gasteiger partial charge in [0.05, 0.1) is 12.2 Å². The highest BCUT2D eigenvalue weighted by Gasteiger charge is 2.09. The lowest BCUT2D eigenvalue weighted by Crippen LogP contribution is -2.28. The largest absolute Gasteiger partial charge is 0.384 e. The predicted molar refractivity (Wildman–Crippen MR) is 69.6 cm³/mol. The fourth-order valence-corrected chi connectivity index (χ4v) is 1.43. The van der Waals surface area contributed by atoms with E-state index in [1.165, 1.54) is 0 Å². The molecule has 0 aliphatic rings. The number of rotatable bonds is 6. The Kier molecular flexibility index (Phi) is 7.25. The molecule has 1 rings (SSSR count). The van der Waals surface area contributed by atoms with Crippen LogP contribution in [0.2, 0.25) is 0 Å². The minimum absolute atomic E-state index is 0.0144. The summed E-state index contributed by atoms with van der Waals surface area (Å²) < 4.78 is 28.3. The zero-order valence-electron chi connectivity index (χ0n) is 10.7. The summed E-state index contributed by atoms with van der Waals surface area (Å²) in [7, 11) is 0. The summed E-state index contributed by atoms with van der Waals surface area (Å²) in [6, 6.07) is 6.66. The van der Waals surface area contributed by atoms with E-state index in [1.807, 2.05) is 0 Å². The summed E-state index contributed by atoms with van der Waals surface area (Å²) in [4.78, 5) is 11.9. The molecule has 0 saturated carbocycles. The van der Waals surface area contributed by atoms with Crippen LogP contribution in [-0.4, -0.2) is 43.8 Å². The third-order valence-corrected chi connectivity index (χ3v) is 2.25. The molecule has 0 radical (unpaired) electrons. The number of ether oxygens (including phenoxy) is 1. The van der Waals surface area contributed by atoms with E-state index in [0.29, 0.717) is 11.1 Å². The number of carbonyl (C=O) groups is 1. The monoisotopic (exact) mass is 283 g/mol. The molecule has 0 aliphatic carbocycles. The standard InChI is InChI=1S/C14H15F2NO3/c15-13(16)10-20-9-7-17-14(19)12-6-2-1-4-11(12)5-3-8-18/h1-2,4,6,13,18H,7-10H2,(H,17,19). The Morgan fingerprint density at radius 3 is 2.85 bits per heavy atom. The third kappa shape index (κ3) is 5.78. The lowest BCUT2D eigenvalue weighted by Gasteiger charge is -2.07. The average molecular weight is 283 g/mol. The van der Waals surface area contributed by atoms with Crippen LogP contribution in [-0.2, 0) is 4.74 Å². The van der Waals surface area contributed by atoms with Gasteiger partial charge in [0.2, 0.25) is 0 Å². The van der Waals surface area contributed by atoms with Crippen LogP contribution in [0, 0.1) is 11.8 Å². The molecular weight excluding hydrogens is 268 g/mol. The number of amides is 1. The van der Waals surface area contributed by atoms with Crippen LogP contribution in [0.1, 0.15) is 15.9 Å². The maximum absolute atomic E-state index is 11.9. The molecule has 1 aromatic carbocycles. The van der Waals surface area contributed by atoms with Crippen LogP contribution in [0.3, 0.4) is 0 Å². The smallest absolute Gasteiger partial charge is 0.261 e. The first-order valence-corrected chi connectivity index (χ1v) is 5.98. The molecule has 0 spiro atoms. The van der Waals surface area contributed by atoms with Crippen molar-refractivity contribution in [3.8, 4) is 11.8 Å². The number of alkyl halides is 2. The highest BCUT2D eigenvalue weighted by atomic mass is 19.3. The number of hydrogen-bond donors (Lipinski definition) is 2. The van der Waals surface area contributed by atoms with E-state index in [0.717, 1.165) is 0 Å². The predicted octanol–water partition coefficient (Wildman–Crippen LogP) is 1.04. The van der Waals surface area contributed by atoms with Gasteiger partial charge in [-0.05, 0) is 12.1 Å². The summed E-state index contributed by atoms with van der Waals surface area (Å²) in [5, 5.41) is 11.2. The normalized spacial score (nSPS) is 10.0. The maximum atomic E-state index is 11.9. The number of aliphatic hydroxyl groups excluding tert-OH is 1. The van der Waals surface area contributed by atoms with Crippen LogP contribution in [0.5, 0.6) is 0 Å². The first-order valence-electron chi connectivity index (χ1n) is 5.98. The maximum Gasteiger partial charge on any atom is 0.261 e. The van der Waals surface area contributed by atoms with Gasteiger partial charge in [-0.1, -0.05) is 24.0 Å². The van der Waals surface area contributed by atoms with Crippen molar-refractivity contribution >= 4 is 5.91 Å². The molecule has 0 unspecified atom stereocenters. The lowest BCUT2D eigenvalue weighted by molar-refractivity contribution is 0.0188. The fourth-order valence-electron chi connectivity index (χ4n) is 1.43. The second-order valence-electron chi connectivity index (χ2n) is 3.73. The van der Waals surface area contributed by atoms with Gasteiger partial charge in [-0.15, -0.1) is 0 Å². The molecule has 4 nitrogen and oxygen atoms in total. The molecule has 2 N–H and O–H groups in total. The minimum atomic E-state index is -2.51. The SMILES string of the molecule is O=C(NCCOCC(F)F)c1ccccc1C#CCO. The summed E-state index contributed by atoms with van der Waals surface area (Å²) in [5.74, 6) is 4.77. The van der Waals surface area contributed by atoms with E-state index in [2.05, 4.69) is 21.9 Å². The molecule has 20 heavy (non-hydrogen) atoms. The molecule has 0 heterocycles. The van der Waals surface area contributed by atoms with Gasteiger partial charge in [0.15, 0.2) is 0 Å². The molecule has 6 heteroatoms. The number of carbonyl (C=O) groups excluding carboxylic acids is 1. The van der Waals surface area contributed by atoms with Gasteiger partial charge in [0.25, 0.3) is 12.3 Å². The van der Waals surface area contributed by atoms with Crippen LogP contribution in [0.4, 0.5) is 8.78 Å². The second kappa shape index (κ2) is 9.02. The highest BCUT2D eigenvalue weighted by molar-refractivity contribution is 5.96. The molecule has 0 aromatic heterocycles. The average Bonchev–Trinajstić information content (AvgIpc) is 2.44. The van der Waals surface area contributed by atoms with Crippen LogP contribution in [0.15, 0.2) is 24.3 Å². The van der Waals surface area contributed by atoms with E-state index in [9.17, 15) is 13.6 Å². The molecule has 0 saturated heterocycles. The van der Waals surface area contributed by atoms with Gasteiger partial charge in [-0.3, -0.25) is 4.79 Å². The summed E-state index contributed by atoms with van der Waals surface area (Å²) >= 11 is 0. The second-order valence-corrected chi connectivity index (χ2v) is 3.73. The number of nitrogens with one attached hydrogen (secondary N) is 1. The van der Waals surface area contributed by atoms with Gasteiger partial charge in [0, 0.05) is 12.1 Å². The first-order chi connectivity index (χ1) is 9.65. The van der Waals surface area contributed by atoms with Gasteiger partial charge in [0.1, 0.15) is 13.2 Å². The van der Waals surface area contributed by atoms with Crippen molar-refractivity contribution in [3.05, 3.63) is 35.4 Å². The van der Waals surface area contributed by atoms with Crippen molar-refractivity contribution < 1.29 is 23.4 Å². The Hall–Kier alpha value is -1.97. The van der Waals surface area contributed by atoms with E-state index < -0.39 is 13.0 Å². The van der Waals surface area contributed by atoms with Gasteiger partial charge < -0.3 is 15.2 Å². The van der Waals surface area contributed by atoms with Crippen molar-refractivity contribution in [1.29, 1.82) is 0 Å². The molecule has 0 bridgehead atoms. The Morgan fingerprint density at radius 1 is 1.40 bits per heavy atom. The van der Waals surface area contributed by atoms with Crippen LogP contribution in [0.25, 0.3) is 0 Å². The van der Waals surface area contributed by atoms with E-state index in [4.69, 9.17) is 5.11 Å². The Labute approximate surface area is 115 Å². The minimum Gasteiger partial charge on any atom is -0.384 e. The summed E-state index contributed by atoms with van der Waals surface area (Å²) in [6.45, 7) is -0.792. The molecule has 108 valence electrons. The summed E-state index contributed by atoms with van der Waals surface area (Å²) in [6.07, 6.45) is -2.51. The van der Waals surface area contributed by atoms with Gasteiger partial charge in [-0.25, -0.2) is 8.78 Å². The van der Waals surface area contributed by atoms with Crippen molar-refractivity contribution in [3.63, 3.8) is 0 Å². The third-order valence-electron chi connectivity index (χ3n) is 2.25. The van der Waals surface area contributed by atoms with Crippen molar-refractivity contribution in [2.45, 2.75) is 6.43 Å². The van der Waals surface area contributed by atoms with E-state index in [-0.39, 0.29) is 25.7 Å². The van der Waals surface area contributed by atoms with Crippen molar-refractivity contribution in [2.24, 2.45) is 0 Å². The Morgan fingerprint density at radius 2 is 2.15 bits per heavy atom. The molecule has 0 aliphatic heterocycles. The van der Waals surface area contributed by atoms with Gasteiger partial charge in [-0.2, -0.15) is 0 Å². The van der Waals surface area contributed by atoms with E-state index in [1.54, 1.807) is 24.3 Å². The fraction of sp³-hybridized carbons (Fsp3) is 0.357. The van der Waals surface area contributed by atoms with E-state index >= 15 is 0 Å². The molecule has 0 fully saturated rings. The zero-order chi connectivity index (χ0) is 14.8. The highest BCUT2D eigenvalue weighted by Crippen LogP contribution is 2.06. The van der Waals surface area contributed by atoms with Crippen molar-refractivity contribution in [1.82, 2.24) is 5.32 Å². The quantitative estimate of drug-likeness (QED) is 0.606. The molecule has 1 amide bonds. The number of halogens is 2. The van der Waals surface area contributed by atoms with Gasteiger partial charge >= 0.3 is 0 Å². The molecule has 0 atom stereocenters. The lowest BCUT2D eigenvalue weighted by atomic mass is 10.1. The van der Waals surface area contributed by atoms with Crippen LogP contribution < -0.4 is 5.32 Å². The first kappa shape index (κ1) is 16.1. The Balaban J connectivity index is 2.51. The zero-order valence-corrected chi connectivity index (χ0v) is 10.7. The number of aliphatic hydroxyl groups is 1. The molecular formula is C14H15F2NO3. The summed E-state index contributed by atoms with van der Waals surface area (Å²) in [5.41, 5.74) is 0.856. The number of hydrogen-bond acceptors (Lipinski definition) is 3. The topological polar surface area (TPSA) is 58.6 Å².